The second-order valence-corrected chi connectivity index (χ2v) is 5.91. The molecule has 1 aromatic carbocycles. The summed E-state index contributed by atoms with van der Waals surface area (Å²) in [5.74, 6) is -0.332. The van der Waals surface area contributed by atoms with Gasteiger partial charge in [0, 0.05) is 17.7 Å². The Morgan fingerprint density at radius 3 is 2.48 bits per heavy atom. The normalized spacial score (nSPS) is 13.3. The Morgan fingerprint density at radius 1 is 1.12 bits per heavy atom. The quantitative estimate of drug-likeness (QED) is 0.667. The van der Waals surface area contributed by atoms with Gasteiger partial charge in [-0.15, -0.1) is 0 Å². The van der Waals surface area contributed by atoms with Crippen LogP contribution >= 0.6 is 0 Å². The van der Waals surface area contributed by atoms with Crippen molar-refractivity contribution in [1.29, 1.82) is 0 Å². The van der Waals surface area contributed by atoms with E-state index in [0.29, 0.717) is 5.69 Å². The number of rotatable bonds is 6. The average molecular weight is 343 g/mol. The molecule has 1 amide bonds. The highest BCUT2D eigenvalue weighted by atomic mass is 16.5. The summed E-state index contributed by atoms with van der Waals surface area (Å²) in [6, 6.07) is 8.10. The maximum atomic E-state index is 11.8. The zero-order valence-electron chi connectivity index (χ0n) is 13.3. The van der Waals surface area contributed by atoms with E-state index in [-0.39, 0.29) is 30.5 Å². The number of nitrogens with one attached hydrogen (secondary N) is 3. The van der Waals surface area contributed by atoms with Gasteiger partial charge in [-0.3, -0.25) is 19.4 Å². The smallest absolute Gasteiger partial charge is 0.326 e. The van der Waals surface area contributed by atoms with Gasteiger partial charge < -0.3 is 15.0 Å². The monoisotopic (exact) mass is 343 g/mol. The van der Waals surface area contributed by atoms with E-state index >= 15 is 0 Å². The Hall–Kier alpha value is -3.16. The number of aromatic amines is 2. The minimum atomic E-state index is -0.651. The highest BCUT2D eigenvalue weighted by molar-refractivity contribution is 5.94. The number of benzene rings is 1. The van der Waals surface area contributed by atoms with Gasteiger partial charge in [-0.2, -0.15) is 0 Å². The van der Waals surface area contributed by atoms with Crippen LogP contribution in [0.15, 0.2) is 39.9 Å². The molecule has 0 atom stereocenters. The summed E-state index contributed by atoms with van der Waals surface area (Å²) in [6.45, 7) is -0.187. The van der Waals surface area contributed by atoms with Crippen molar-refractivity contribution in [1.82, 2.24) is 9.97 Å². The second kappa shape index (κ2) is 7.16. The molecule has 0 radical (unpaired) electrons. The van der Waals surface area contributed by atoms with Crippen molar-refractivity contribution in [3.8, 4) is 0 Å². The first-order valence-corrected chi connectivity index (χ1v) is 7.87. The van der Waals surface area contributed by atoms with Gasteiger partial charge in [0.15, 0.2) is 0 Å². The van der Waals surface area contributed by atoms with Crippen LogP contribution in [0.5, 0.6) is 0 Å². The molecule has 130 valence electrons. The second-order valence-electron chi connectivity index (χ2n) is 5.91. The van der Waals surface area contributed by atoms with E-state index in [0.717, 1.165) is 24.5 Å². The number of H-pyrrole nitrogens is 2. The molecule has 2 aromatic rings. The molecule has 0 spiro atoms. The molecule has 3 rings (SSSR count). The lowest BCUT2D eigenvalue weighted by molar-refractivity contribution is -0.144. The SMILES string of the molecule is O=C(Cc1ccc(NC(=O)C2CC2)cc1)OCc1cc(=O)[nH]c(=O)[nH]1. The standard InChI is InChI=1S/C17H17N3O5/c21-14-8-13(19-17(24)20-14)9-25-15(22)7-10-1-5-12(6-2-10)18-16(23)11-3-4-11/h1-2,5-6,8,11H,3-4,7,9H2,(H,18,23)(H2,19,20,21,24). The lowest BCUT2D eigenvalue weighted by Crippen LogP contribution is -2.23. The molecule has 0 bridgehead atoms. The fourth-order valence-electron chi connectivity index (χ4n) is 2.27. The summed E-state index contributed by atoms with van der Waals surface area (Å²) < 4.78 is 5.04. The largest absolute Gasteiger partial charge is 0.459 e. The van der Waals surface area contributed by atoms with Crippen molar-refractivity contribution in [3.05, 3.63) is 62.4 Å². The Labute approximate surface area is 142 Å². The molecule has 1 aliphatic rings. The molecule has 3 N–H and O–H groups in total. The van der Waals surface area contributed by atoms with Crippen LogP contribution in [-0.4, -0.2) is 21.8 Å². The van der Waals surface area contributed by atoms with E-state index < -0.39 is 17.2 Å². The Kier molecular flexibility index (Phi) is 4.78. The number of anilines is 1. The van der Waals surface area contributed by atoms with Crippen molar-refractivity contribution >= 4 is 17.6 Å². The van der Waals surface area contributed by atoms with Crippen LogP contribution in [0.25, 0.3) is 0 Å². The van der Waals surface area contributed by atoms with E-state index in [2.05, 4.69) is 10.3 Å². The average Bonchev–Trinajstić information content (AvgIpc) is 3.39. The van der Waals surface area contributed by atoms with Crippen molar-refractivity contribution in [2.24, 2.45) is 5.92 Å². The van der Waals surface area contributed by atoms with Crippen molar-refractivity contribution in [2.75, 3.05) is 5.32 Å². The van der Waals surface area contributed by atoms with Gasteiger partial charge >= 0.3 is 11.7 Å². The number of carbonyl (C=O) groups is 2. The molecule has 0 unspecified atom stereocenters. The van der Waals surface area contributed by atoms with Gasteiger partial charge in [0.1, 0.15) is 6.61 Å². The Bertz CT molecular complexity index is 865. The number of carbonyl (C=O) groups excluding carboxylic acids is 2. The predicted octanol–water partition coefficient (Wildman–Crippen LogP) is 0.698. The maximum absolute atomic E-state index is 11.8. The highest BCUT2D eigenvalue weighted by Crippen LogP contribution is 2.30. The molecule has 8 nitrogen and oxygen atoms in total. The molecule has 1 aromatic heterocycles. The molecule has 1 fully saturated rings. The summed E-state index contributed by atoms with van der Waals surface area (Å²) >= 11 is 0. The third kappa shape index (κ3) is 4.90. The van der Waals surface area contributed by atoms with Crippen LogP contribution in [0, 0.1) is 5.92 Å². The highest BCUT2D eigenvalue weighted by Gasteiger charge is 2.29. The van der Waals surface area contributed by atoms with Crippen LogP contribution in [0.2, 0.25) is 0 Å². The van der Waals surface area contributed by atoms with Crippen LogP contribution in [0.1, 0.15) is 24.1 Å². The first-order chi connectivity index (χ1) is 12.0. The number of hydrogen-bond acceptors (Lipinski definition) is 5. The summed E-state index contributed by atoms with van der Waals surface area (Å²) in [5.41, 5.74) is 0.435. The van der Waals surface area contributed by atoms with Gasteiger partial charge in [0.25, 0.3) is 5.56 Å². The van der Waals surface area contributed by atoms with Gasteiger partial charge in [-0.25, -0.2) is 4.79 Å². The summed E-state index contributed by atoms with van der Waals surface area (Å²) in [5, 5.41) is 2.82. The third-order valence-electron chi connectivity index (χ3n) is 3.72. The molecule has 1 aliphatic carbocycles. The fraction of sp³-hybridized carbons (Fsp3) is 0.294. The van der Waals surface area contributed by atoms with Gasteiger partial charge in [0.2, 0.25) is 5.91 Å². The van der Waals surface area contributed by atoms with Crippen LogP contribution < -0.4 is 16.6 Å². The molecular formula is C17H17N3O5. The van der Waals surface area contributed by atoms with E-state index in [4.69, 9.17) is 4.74 Å². The van der Waals surface area contributed by atoms with Crippen LogP contribution in [0.4, 0.5) is 5.69 Å². The zero-order valence-corrected chi connectivity index (χ0v) is 13.3. The Balaban J connectivity index is 1.51. The minimum Gasteiger partial charge on any atom is -0.459 e. The first-order valence-electron chi connectivity index (χ1n) is 7.87. The number of aromatic nitrogens is 2. The van der Waals surface area contributed by atoms with E-state index in [1.54, 1.807) is 24.3 Å². The molecule has 0 saturated heterocycles. The van der Waals surface area contributed by atoms with Gasteiger partial charge in [-0.1, -0.05) is 12.1 Å². The van der Waals surface area contributed by atoms with Crippen molar-refractivity contribution < 1.29 is 14.3 Å². The Morgan fingerprint density at radius 2 is 1.84 bits per heavy atom. The lowest BCUT2D eigenvalue weighted by Gasteiger charge is -2.07. The summed E-state index contributed by atoms with van der Waals surface area (Å²) in [7, 11) is 0. The molecule has 25 heavy (non-hydrogen) atoms. The number of esters is 1. The fourth-order valence-corrected chi connectivity index (χ4v) is 2.27. The van der Waals surface area contributed by atoms with Gasteiger partial charge in [0.05, 0.1) is 12.1 Å². The maximum Gasteiger partial charge on any atom is 0.326 e. The van der Waals surface area contributed by atoms with E-state index in [1.807, 2.05) is 4.98 Å². The van der Waals surface area contributed by atoms with Crippen LogP contribution in [-0.2, 0) is 27.4 Å². The number of amides is 1. The number of hydrogen-bond donors (Lipinski definition) is 3. The van der Waals surface area contributed by atoms with Crippen molar-refractivity contribution in [3.63, 3.8) is 0 Å². The van der Waals surface area contributed by atoms with E-state index in [9.17, 15) is 19.2 Å². The minimum absolute atomic E-state index is 0.0269. The molecule has 8 heteroatoms. The van der Waals surface area contributed by atoms with Crippen LogP contribution in [0.3, 0.4) is 0 Å². The number of ether oxygens (including phenoxy) is 1. The predicted molar refractivity (Wildman–Crippen MR) is 89.0 cm³/mol. The lowest BCUT2D eigenvalue weighted by atomic mass is 10.1. The zero-order chi connectivity index (χ0) is 17.8. The molecular weight excluding hydrogens is 326 g/mol. The van der Waals surface area contributed by atoms with Crippen molar-refractivity contribution in [2.45, 2.75) is 25.9 Å². The molecule has 1 saturated carbocycles. The first kappa shape index (κ1) is 16.7. The van der Waals surface area contributed by atoms with Gasteiger partial charge in [-0.05, 0) is 30.5 Å². The molecule has 1 heterocycles. The topological polar surface area (TPSA) is 121 Å². The summed E-state index contributed by atoms with van der Waals surface area (Å²) in [4.78, 5) is 50.2. The summed E-state index contributed by atoms with van der Waals surface area (Å²) in [6.07, 6.45) is 1.92. The third-order valence-corrected chi connectivity index (χ3v) is 3.72. The van der Waals surface area contributed by atoms with E-state index in [1.165, 1.54) is 0 Å². The molecule has 0 aliphatic heterocycles.